The van der Waals surface area contributed by atoms with Crippen LogP contribution >= 0.6 is 11.3 Å². The number of amides is 2. The number of urea groups is 1. The van der Waals surface area contributed by atoms with E-state index in [4.69, 9.17) is 0 Å². The number of allylic oxidation sites excluding steroid dienone is 1. The second-order valence-electron chi connectivity index (χ2n) is 5.96. The van der Waals surface area contributed by atoms with Crippen LogP contribution in [-0.4, -0.2) is 17.6 Å². The fourth-order valence-corrected chi connectivity index (χ4v) is 3.56. The molecule has 0 fully saturated rings. The van der Waals surface area contributed by atoms with Crippen LogP contribution in [0.3, 0.4) is 0 Å². The van der Waals surface area contributed by atoms with Crippen LogP contribution in [0.4, 0.5) is 4.79 Å². The number of nitrogens with zero attached hydrogens (tertiary/aromatic N) is 1. The van der Waals surface area contributed by atoms with Crippen molar-refractivity contribution in [2.75, 3.05) is 6.54 Å². The lowest BCUT2D eigenvalue weighted by atomic mass is 9.97. The summed E-state index contributed by atoms with van der Waals surface area (Å²) in [6, 6.07) is 9.95. The molecule has 126 valence electrons. The average Bonchev–Trinajstić information content (AvgIpc) is 3.11. The van der Waals surface area contributed by atoms with E-state index in [-0.39, 0.29) is 6.03 Å². The zero-order valence-corrected chi connectivity index (χ0v) is 14.6. The molecule has 1 aliphatic rings. The Hall–Kier alpha value is -2.14. The van der Waals surface area contributed by atoms with Crippen LogP contribution in [-0.2, 0) is 6.54 Å². The van der Waals surface area contributed by atoms with E-state index in [2.05, 4.69) is 21.7 Å². The highest BCUT2D eigenvalue weighted by Gasteiger charge is 2.07. The number of carbonyl (C=O) groups is 1. The fraction of sp³-hybridized carbons (Fsp3) is 0.368. The minimum Gasteiger partial charge on any atom is -0.338 e. The Morgan fingerprint density at radius 2 is 2.04 bits per heavy atom. The topological polar surface area (TPSA) is 54.0 Å². The van der Waals surface area contributed by atoms with E-state index in [1.807, 2.05) is 35.7 Å². The number of nitrogens with one attached hydrogen (secondary N) is 2. The van der Waals surface area contributed by atoms with Gasteiger partial charge in [0.25, 0.3) is 0 Å². The number of carbonyl (C=O) groups excluding carboxylic acids is 1. The third kappa shape index (κ3) is 4.93. The van der Waals surface area contributed by atoms with Gasteiger partial charge in [-0.2, -0.15) is 0 Å². The van der Waals surface area contributed by atoms with Gasteiger partial charge in [-0.3, -0.25) is 0 Å². The Morgan fingerprint density at radius 3 is 2.83 bits per heavy atom. The van der Waals surface area contributed by atoms with Crippen molar-refractivity contribution in [2.45, 2.75) is 38.6 Å². The standard InChI is InChI=1S/C19H23N3OS/c23-19(20-12-11-15-7-3-1-4-8-15)21-13-18-22-17(14-24-18)16-9-5-2-6-10-16/h2,5-7,9-10,14H,1,3-4,8,11-13H2,(H2,20,21,23). The van der Waals surface area contributed by atoms with Crippen LogP contribution in [0.25, 0.3) is 11.3 Å². The predicted molar refractivity (Wildman–Crippen MR) is 99.0 cm³/mol. The molecule has 1 aromatic heterocycles. The van der Waals surface area contributed by atoms with Crippen molar-refractivity contribution in [3.8, 4) is 11.3 Å². The molecule has 1 heterocycles. The van der Waals surface area contributed by atoms with Gasteiger partial charge in [-0.25, -0.2) is 9.78 Å². The molecule has 0 radical (unpaired) electrons. The van der Waals surface area contributed by atoms with Gasteiger partial charge in [-0.1, -0.05) is 42.0 Å². The SMILES string of the molecule is O=C(NCCC1=CCCCC1)NCc1nc(-c2ccccc2)cs1. The van der Waals surface area contributed by atoms with Crippen LogP contribution in [0.5, 0.6) is 0 Å². The number of aromatic nitrogens is 1. The van der Waals surface area contributed by atoms with E-state index in [0.717, 1.165) is 22.7 Å². The Bertz CT molecular complexity index is 694. The summed E-state index contributed by atoms with van der Waals surface area (Å²) in [5, 5.41) is 8.75. The van der Waals surface area contributed by atoms with Crippen molar-refractivity contribution in [1.29, 1.82) is 0 Å². The van der Waals surface area contributed by atoms with Crippen molar-refractivity contribution in [3.05, 3.63) is 52.4 Å². The van der Waals surface area contributed by atoms with Crippen LogP contribution in [0.2, 0.25) is 0 Å². The van der Waals surface area contributed by atoms with Crippen molar-refractivity contribution < 1.29 is 4.79 Å². The van der Waals surface area contributed by atoms with Crippen LogP contribution < -0.4 is 10.6 Å². The minimum absolute atomic E-state index is 0.122. The third-order valence-corrected chi connectivity index (χ3v) is 4.99. The van der Waals surface area contributed by atoms with Gasteiger partial charge in [0.2, 0.25) is 0 Å². The molecule has 5 heteroatoms. The summed E-state index contributed by atoms with van der Waals surface area (Å²) in [7, 11) is 0. The number of benzene rings is 1. The molecule has 1 aliphatic carbocycles. The molecule has 4 nitrogen and oxygen atoms in total. The first kappa shape index (κ1) is 16.7. The van der Waals surface area contributed by atoms with Crippen molar-refractivity contribution in [3.63, 3.8) is 0 Å². The molecule has 0 atom stereocenters. The zero-order valence-electron chi connectivity index (χ0n) is 13.8. The van der Waals surface area contributed by atoms with E-state index in [9.17, 15) is 4.79 Å². The molecular weight excluding hydrogens is 318 g/mol. The van der Waals surface area contributed by atoms with E-state index >= 15 is 0 Å². The smallest absolute Gasteiger partial charge is 0.315 e. The third-order valence-electron chi connectivity index (χ3n) is 4.14. The lowest BCUT2D eigenvalue weighted by Gasteiger charge is -2.13. The number of hydrogen-bond acceptors (Lipinski definition) is 3. The summed E-state index contributed by atoms with van der Waals surface area (Å²) in [5.41, 5.74) is 3.54. The summed E-state index contributed by atoms with van der Waals surface area (Å²) in [6.45, 7) is 1.16. The quantitative estimate of drug-likeness (QED) is 0.760. The maximum absolute atomic E-state index is 11.9. The molecule has 0 spiro atoms. The van der Waals surface area contributed by atoms with Gasteiger partial charge in [0, 0.05) is 17.5 Å². The summed E-state index contributed by atoms with van der Waals surface area (Å²) in [4.78, 5) is 16.4. The summed E-state index contributed by atoms with van der Waals surface area (Å²) in [5.74, 6) is 0. The summed E-state index contributed by atoms with van der Waals surface area (Å²) >= 11 is 1.57. The Kier molecular flexibility index (Phi) is 6.01. The Labute approximate surface area is 147 Å². The highest BCUT2D eigenvalue weighted by atomic mass is 32.1. The van der Waals surface area contributed by atoms with Gasteiger partial charge < -0.3 is 10.6 Å². The minimum atomic E-state index is -0.122. The molecular formula is C19H23N3OS. The highest BCUT2D eigenvalue weighted by Crippen LogP contribution is 2.21. The second-order valence-corrected chi connectivity index (χ2v) is 6.90. The molecule has 1 aromatic carbocycles. The lowest BCUT2D eigenvalue weighted by molar-refractivity contribution is 0.240. The highest BCUT2D eigenvalue weighted by molar-refractivity contribution is 7.09. The Balaban J connectivity index is 1.40. The average molecular weight is 341 g/mol. The first-order valence-corrected chi connectivity index (χ1v) is 9.38. The zero-order chi connectivity index (χ0) is 16.6. The molecule has 24 heavy (non-hydrogen) atoms. The van der Waals surface area contributed by atoms with Gasteiger partial charge in [0.1, 0.15) is 5.01 Å². The van der Waals surface area contributed by atoms with Gasteiger partial charge in [0.15, 0.2) is 0 Å². The molecule has 0 unspecified atom stereocenters. The molecule has 2 aromatic rings. The summed E-state index contributed by atoms with van der Waals surface area (Å²) in [6.07, 6.45) is 8.24. The number of hydrogen-bond donors (Lipinski definition) is 2. The normalized spacial score (nSPS) is 14.1. The Morgan fingerprint density at radius 1 is 1.17 bits per heavy atom. The number of thiazole rings is 1. The maximum atomic E-state index is 11.9. The molecule has 0 saturated carbocycles. The number of rotatable bonds is 6. The van der Waals surface area contributed by atoms with Crippen LogP contribution in [0.1, 0.15) is 37.1 Å². The predicted octanol–water partition coefficient (Wildman–Crippen LogP) is 4.50. The first-order valence-electron chi connectivity index (χ1n) is 8.51. The van der Waals surface area contributed by atoms with Gasteiger partial charge in [-0.15, -0.1) is 11.3 Å². The molecule has 2 amide bonds. The van der Waals surface area contributed by atoms with Gasteiger partial charge >= 0.3 is 6.03 Å². The van der Waals surface area contributed by atoms with Crippen LogP contribution in [0, 0.1) is 0 Å². The van der Waals surface area contributed by atoms with Crippen molar-refractivity contribution in [2.24, 2.45) is 0 Å². The summed E-state index contributed by atoms with van der Waals surface area (Å²) < 4.78 is 0. The van der Waals surface area contributed by atoms with Crippen molar-refractivity contribution in [1.82, 2.24) is 15.6 Å². The van der Waals surface area contributed by atoms with E-state index in [0.29, 0.717) is 13.1 Å². The second kappa shape index (κ2) is 8.64. The maximum Gasteiger partial charge on any atom is 0.315 e. The molecule has 3 rings (SSSR count). The largest absolute Gasteiger partial charge is 0.338 e. The fourth-order valence-electron chi connectivity index (χ4n) is 2.82. The molecule has 2 N–H and O–H groups in total. The van der Waals surface area contributed by atoms with E-state index < -0.39 is 0 Å². The molecule has 0 bridgehead atoms. The van der Waals surface area contributed by atoms with Crippen LogP contribution in [0.15, 0.2) is 47.4 Å². The molecule has 0 aliphatic heterocycles. The lowest BCUT2D eigenvalue weighted by Crippen LogP contribution is -2.35. The van der Waals surface area contributed by atoms with E-state index in [1.54, 1.807) is 11.3 Å². The first-order chi connectivity index (χ1) is 11.8. The molecule has 0 saturated heterocycles. The van der Waals surface area contributed by atoms with E-state index in [1.165, 1.54) is 31.3 Å². The monoisotopic (exact) mass is 341 g/mol. The van der Waals surface area contributed by atoms with Gasteiger partial charge in [-0.05, 0) is 32.1 Å². The van der Waals surface area contributed by atoms with Crippen molar-refractivity contribution >= 4 is 17.4 Å². The van der Waals surface area contributed by atoms with Gasteiger partial charge in [0.05, 0.1) is 12.2 Å².